The highest BCUT2D eigenvalue weighted by atomic mass is 16.2. The number of amides is 1. The molecule has 0 atom stereocenters. The molecule has 4 rings (SSSR count). The van der Waals surface area contributed by atoms with Crippen LogP contribution in [0.3, 0.4) is 0 Å². The molecular formula is C24H25N7O2. The number of anilines is 3. The fourth-order valence-electron chi connectivity index (χ4n) is 3.70. The number of H-pyrrole nitrogens is 2. The number of rotatable bonds is 7. The first-order chi connectivity index (χ1) is 16.0. The number of hydrogen-bond donors (Lipinski definition) is 3. The number of nitrogen functional groups attached to an aromatic ring is 1. The summed E-state index contributed by atoms with van der Waals surface area (Å²) in [6, 6.07) is 16.5. The molecule has 4 N–H and O–H groups in total. The highest BCUT2D eigenvalue weighted by molar-refractivity contribution is 6.06. The normalized spacial score (nSPS) is 11.0. The van der Waals surface area contributed by atoms with E-state index in [1.807, 2.05) is 48.5 Å². The first-order valence-corrected chi connectivity index (χ1v) is 10.7. The molecule has 2 heterocycles. The highest BCUT2D eigenvalue weighted by Gasteiger charge is 2.26. The molecule has 0 aliphatic carbocycles. The second-order valence-electron chi connectivity index (χ2n) is 8.07. The fraction of sp³-hybridized carbons (Fsp3) is 0.208. The van der Waals surface area contributed by atoms with Crippen molar-refractivity contribution in [2.75, 3.05) is 10.6 Å². The second-order valence-corrected chi connectivity index (χ2v) is 8.07. The summed E-state index contributed by atoms with van der Waals surface area (Å²) in [7, 11) is 0. The van der Waals surface area contributed by atoms with Gasteiger partial charge in [-0.2, -0.15) is 5.21 Å². The minimum atomic E-state index is -0.436. The summed E-state index contributed by atoms with van der Waals surface area (Å²) in [5, 5.41) is 14.4. The van der Waals surface area contributed by atoms with Crippen molar-refractivity contribution in [3.05, 3.63) is 71.1 Å². The van der Waals surface area contributed by atoms with E-state index in [4.69, 9.17) is 5.73 Å². The number of nitrogens with two attached hydrogens (primary N) is 1. The molecule has 0 saturated carbocycles. The molecule has 33 heavy (non-hydrogen) atoms. The summed E-state index contributed by atoms with van der Waals surface area (Å²) >= 11 is 0. The van der Waals surface area contributed by atoms with Crippen LogP contribution in [0.1, 0.15) is 26.7 Å². The van der Waals surface area contributed by atoms with E-state index in [2.05, 4.69) is 39.5 Å². The fourth-order valence-corrected chi connectivity index (χ4v) is 3.70. The number of nitrogens with zero attached hydrogens (tertiary/aromatic N) is 4. The van der Waals surface area contributed by atoms with E-state index >= 15 is 0 Å². The smallest absolute Gasteiger partial charge is 0.274 e. The molecule has 1 amide bonds. The lowest BCUT2D eigenvalue weighted by molar-refractivity contribution is -0.118. The number of aromatic amines is 2. The zero-order valence-electron chi connectivity index (χ0n) is 18.4. The first kappa shape index (κ1) is 21.9. The van der Waals surface area contributed by atoms with Gasteiger partial charge in [-0.25, -0.2) is 0 Å². The van der Waals surface area contributed by atoms with Crippen LogP contribution in [0, 0.1) is 5.92 Å². The van der Waals surface area contributed by atoms with Crippen molar-refractivity contribution < 1.29 is 4.79 Å². The van der Waals surface area contributed by atoms with Gasteiger partial charge in [-0.05, 0) is 35.2 Å². The summed E-state index contributed by atoms with van der Waals surface area (Å²) in [6.45, 7) is 4.10. The molecule has 0 radical (unpaired) electrons. The van der Waals surface area contributed by atoms with E-state index < -0.39 is 5.56 Å². The van der Waals surface area contributed by atoms with Crippen LogP contribution in [0.5, 0.6) is 0 Å². The Hall–Kier alpha value is -4.27. The monoisotopic (exact) mass is 443 g/mol. The summed E-state index contributed by atoms with van der Waals surface area (Å²) in [6.07, 6.45) is 2.42. The van der Waals surface area contributed by atoms with Gasteiger partial charge >= 0.3 is 0 Å². The van der Waals surface area contributed by atoms with E-state index in [9.17, 15) is 9.59 Å². The van der Waals surface area contributed by atoms with Crippen molar-refractivity contribution in [1.29, 1.82) is 0 Å². The summed E-state index contributed by atoms with van der Waals surface area (Å²) in [5.74, 6) is 0.545. The van der Waals surface area contributed by atoms with Crippen molar-refractivity contribution in [3.8, 4) is 22.5 Å². The molecule has 0 spiro atoms. The Labute approximate surface area is 190 Å². The number of tetrazole rings is 1. The molecule has 9 heteroatoms. The molecule has 168 valence electrons. The predicted octanol–water partition coefficient (Wildman–Crippen LogP) is 3.91. The van der Waals surface area contributed by atoms with Gasteiger partial charge in [-0.3, -0.25) is 14.5 Å². The number of aromatic nitrogens is 5. The Morgan fingerprint density at radius 1 is 1.03 bits per heavy atom. The molecule has 2 aromatic carbocycles. The van der Waals surface area contributed by atoms with Crippen LogP contribution in [-0.2, 0) is 4.79 Å². The Kier molecular flexibility index (Phi) is 6.30. The van der Waals surface area contributed by atoms with Gasteiger partial charge in [-0.15, -0.1) is 10.2 Å². The zero-order chi connectivity index (χ0) is 23.4. The molecule has 0 saturated heterocycles. The van der Waals surface area contributed by atoms with Crippen LogP contribution in [0.4, 0.5) is 17.1 Å². The van der Waals surface area contributed by atoms with Gasteiger partial charge in [0, 0.05) is 23.7 Å². The summed E-state index contributed by atoms with van der Waals surface area (Å²) in [4.78, 5) is 30.4. The predicted molar refractivity (Wildman–Crippen MR) is 128 cm³/mol. The van der Waals surface area contributed by atoms with Crippen molar-refractivity contribution in [2.24, 2.45) is 5.92 Å². The van der Waals surface area contributed by atoms with Crippen LogP contribution in [0.15, 0.2) is 65.6 Å². The van der Waals surface area contributed by atoms with E-state index in [1.54, 1.807) is 6.07 Å². The van der Waals surface area contributed by atoms with Crippen molar-refractivity contribution in [2.45, 2.75) is 26.7 Å². The Morgan fingerprint density at radius 2 is 1.73 bits per heavy atom. The number of pyridine rings is 1. The Balaban J connectivity index is 1.93. The van der Waals surface area contributed by atoms with Crippen LogP contribution in [0.25, 0.3) is 22.5 Å². The SMILES string of the molecule is CC(C)CCC(=O)N(c1ccccc1-c1ccccc1-c1nn[nH]n1)c1c(N)cc[nH]c1=O. The van der Waals surface area contributed by atoms with Crippen molar-refractivity contribution >= 4 is 23.0 Å². The van der Waals surface area contributed by atoms with Gasteiger partial charge in [-0.1, -0.05) is 56.3 Å². The molecular weight excluding hydrogens is 418 g/mol. The number of carbonyl (C=O) groups excluding carboxylic acids is 1. The number of benzene rings is 2. The van der Waals surface area contributed by atoms with Crippen LogP contribution in [0.2, 0.25) is 0 Å². The Bertz CT molecular complexity index is 1310. The van der Waals surface area contributed by atoms with Crippen molar-refractivity contribution in [3.63, 3.8) is 0 Å². The molecule has 0 aliphatic rings. The second kappa shape index (κ2) is 9.47. The standard InChI is InChI=1S/C24H25N7O2/c1-15(2)11-12-21(32)31(22-19(25)13-14-26-24(22)33)20-10-6-5-8-17(20)16-7-3-4-9-18(16)23-27-29-30-28-23/h3-10,13-15H,11-12H2,1-2H3,(H3,25,26,33)(H,27,28,29,30). The van der Waals surface area contributed by atoms with E-state index in [1.165, 1.54) is 11.1 Å². The third-order valence-corrected chi connectivity index (χ3v) is 5.32. The lowest BCUT2D eigenvalue weighted by atomic mass is 9.96. The number of para-hydroxylation sites is 1. The highest BCUT2D eigenvalue weighted by Crippen LogP contribution is 2.39. The maximum atomic E-state index is 13.5. The van der Waals surface area contributed by atoms with Crippen molar-refractivity contribution in [1.82, 2.24) is 25.6 Å². The molecule has 0 fully saturated rings. The zero-order valence-corrected chi connectivity index (χ0v) is 18.4. The van der Waals surface area contributed by atoms with Crippen LogP contribution >= 0.6 is 0 Å². The quantitative estimate of drug-likeness (QED) is 0.397. The number of nitrogens with one attached hydrogen (secondary N) is 2. The maximum Gasteiger partial charge on any atom is 0.274 e. The average Bonchev–Trinajstić information content (AvgIpc) is 3.35. The number of hydrogen-bond acceptors (Lipinski definition) is 6. The third-order valence-electron chi connectivity index (χ3n) is 5.32. The van der Waals surface area contributed by atoms with E-state index in [-0.39, 0.29) is 23.7 Å². The molecule has 9 nitrogen and oxygen atoms in total. The van der Waals surface area contributed by atoms with Gasteiger partial charge < -0.3 is 10.7 Å². The molecule has 0 aliphatic heterocycles. The van der Waals surface area contributed by atoms with Gasteiger partial charge in [0.25, 0.3) is 5.56 Å². The largest absolute Gasteiger partial charge is 0.397 e. The maximum absolute atomic E-state index is 13.5. The average molecular weight is 444 g/mol. The minimum Gasteiger partial charge on any atom is -0.397 e. The topological polar surface area (TPSA) is 134 Å². The summed E-state index contributed by atoms with van der Waals surface area (Å²) in [5.41, 5.74) is 8.91. The first-order valence-electron chi connectivity index (χ1n) is 10.7. The summed E-state index contributed by atoms with van der Waals surface area (Å²) < 4.78 is 0. The van der Waals surface area contributed by atoms with Gasteiger partial charge in [0.05, 0.1) is 11.4 Å². The third kappa shape index (κ3) is 4.52. The van der Waals surface area contributed by atoms with E-state index in [0.717, 1.165) is 16.7 Å². The molecule has 2 aromatic heterocycles. The van der Waals surface area contributed by atoms with Gasteiger partial charge in [0.15, 0.2) is 0 Å². The van der Waals surface area contributed by atoms with Gasteiger partial charge in [0.1, 0.15) is 5.69 Å². The minimum absolute atomic E-state index is 0.107. The molecule has 0 bridgehead atoms. The lowest BCUT2D eigenvalue weighted by Gasteiger charge is -2.26. The van der Waals surface area contributed by atoms with E-state index in [0.29, 0.717) is 23.9 Å². The Morgan fingerprint density at radius 3 is 2.39 bits per heavy atom. The lowest BCUT2D eigenvalue weighted by Crippen LogP contribution is -2.32. The van der Waals surface area contributed by atoms with Gasteiger partial charge in [0.2, 0.25) is 11.7 Å². The van der Waals surface area contributed by atoms with Crippen LogP contribution in [-0.4, -0.2) is 31.5 Å². The number of carbonyl (C=O) groups is 1. The molecule has 4 aromatic rings. The molecule has 0 unspecified atom stereocenters. The van der Waals surface area contributed by atoms with Crippen LogP contribution < -0.4 is 16.2 Å².